The van der Waals surface area contributed by atoms with Crippen molar-refractivity contribution in [3.8, 4) is 0 Å². The average Bonchev–Trinajstić information content (AvgIpc) is 3.12. The number of aryl methyl sites for hydroxylation is 1. The first kappa shape index (κ1) is 14.6. The van der Waals surface area contributed by atoms with Crippen molar-refractivity contribution in [2.75, 3.05) is 0 Å². The van der Waals surface area contributed by atoms with Crippen molar-refractivity contribution < 1.29 is 4.79 Å². The third kappa shape index (κ3) is 2.68. The number of hydrogen-bond donors (Lipinski definition) is 3. The van der Waals surface area contributed by atoms with E-state index in [1.54, 1.807) is 4.68 Å². The third-order valence-corrected chi connectivity index (χ3v) is 4.35. The van der Waals surface area contributed by atoms with Gasteiger partial charge < -0.3 is 15.3 Å². The molecule has 0 radical (unpaired) electrons. The van der Waals surface area contributed by atoms with Crippen molar-refractivity contribution in [1.29, 1.82) is 0 Å². The van der Waals surface area contributed by atoms with Crippen molar-refractivity contribution in [1.82, 2.24) is 35.5 Å². The molecule has 4 rings (SSSR count). The van der Waals surface area contributed by atoms with E-state index in [0.717, 1.165) is 42.4 Å². The molecule has 3 N–H and O–H groups in total. The topological polar surface area (TPSA) is 121 Å². The zero-order valence-corrected chi connectivity index (χ0v) is 13.0. The molecule has 0 fully saturated rings. The number of fused-ring (bicyclic) bond motifs is 2. The van der Waals surface area contributed by atoms with E-state index >= 15 is 0 Å². The van der Waals surface area contributed by atoms with Gasteiger partial charge in [-0.25, -0.2) is 9.48 Å². The number of amides is 1. The van der Waals surface area contributed by atoms with E-state index in [0.29, 0.717) is 12.4 Å². The van der Waals surface area contributed by atoms with E-state index in [2.05, 4.69) is 30.8 Å². The zero-order chi connectivity index (χ0) is 16.5. The molecule has 1 aliphatic heterocycles. The molecule has 0 saturated heterocycles. The van der Waals surface area contributed by atoms with Crippen LogP contribution in [0.1, 0.15) is 36.6 Å². The van der Waals surface area contributed by atoms with Crippen molar-refractivity contribution in [3.05, 3.63) is 40.1 Å². The van der Waals surface area contributed by atoms with Crippen LogP contribution < -0.4 is 11.0 Å². The van der Waals surface area contributed by atoms with Gasteiger partial charge in [0.2, 0.25) is 5.91 Å². The fourth-order valence-corrected chi connectivity index (χ4v) is 3.11. The number of nitrogens with zero attached hydrogens (tertiary/aromatic N) is 4. The highest BCUT2D eigenvalue weighted by Gasteiger charge is 2.28. The number of aromatic amines is 2. The first-order valence-electron chi connectivity index (χ1n) is 7.95. The van der Waals surface area contributed by atoms with Crippen molar-refractivity contribution in [2.24, 2.45) is 0 Å². The Hall–Kier alpha value is -2.97. The van der Waals surface area contributed by atoms with E-state index in [4.69, 9.17) is 0 Å². The summed E-state index contributed by atoms with van der Waals surface area (Å²) >= 11 is 0. The van der Waals surface area contributed by atoms with Crippen LogP contribution in [0.5, 0.6) is 0 Å². The van der Waals surface area contributed by atoms with Crippen LogP contribution in [-0.2, 0) is 17.9 Å². The molecule has 1 amide bonds. The first-order valence-corrected chi connectivity index (χ1v) is 7.95. The number of aromatic nitrogens is 6. The molecule has 1 unspecified atom stereocenters. The molecule has 124 valence electrons. The molecule has 1 aliphatic rings. The summed E-state index contributed by atoms with van der Waals surface area (Å²) < 4.78 is 1.72. The number of hydrogen-bond acceptors (Lipinski definition) is 5. The SMILES string of the molecule is O=C(NCc1ccc2[nH]c(=O)[nH]c2c1)C1CCCCn2nnnc21. The predicted molar refractivity (Wildman–Crippen MR) is 85.2 cm³/mol. The van der Waals surface area contributed by atoms with Crippen molar-refractivity contribution in [3.63, 3.8) is 0 Å². The van der Waals surface area contributed by atoms with Gasteiger partial charge in [-0.3, -0.25) is 4.79 Å². The molecule has 0 spiro atoms. The van der Waals surface area contributed by atoms with Gasteiger partial charge in [0, 0.05) is 13.1 Å². The number of H-pyrrole nitrogens is 2. The second-order valence-corrected chi connectivity index (χ2v) is 5.99. The maximum atomic E-state index is 12.6. The summed E-state index contributed by atoms with van der Waals surface area (Å²) in [4.78, 5) is 29.3. The quantitative estimate of drug-likeness (QED) is 0.644. The van der Waals surface area contributed by atoms with Crippen LogP contribution in [0.3, 0.4) is 0 Å². The number of benzene rings is 1. The van der Waals surface area contributed by atoms with E-state index in [9.17, 15) is 9.59 Å². The Morgan fingerprint density at radius 2 is 2.17 bits per heavy atom. The highest BCUT2D eigenvalue weighted by molar-refractivity contribution is 5.83. The lowest BCUT2D eigenvalue weighted by Crippen LogP contribution is -2.30. The van der Waals surface area contributed by atoms with Crippen LogP contribution >= 0.6 is 0 Å². The number of carbonyl (C=O) groups is 1. The lowest BCUT2D eigenvalue weighted by atomic mass is 10.0. The van der Waals surface area contributed by atoms with Crippen LogP contribution in [0.25, 0.3) is 11.0 Å². The molecule has 9 heteroatoms. The Labute approximate surface area is 136 Å². The second kappa shape index (κ2) is 5.91. The molecule has 0 saturated carbocycles. The summed E-state index contributed by atoms with van der Waals surface area (Å²) in [7, 11) is 0. The summed E-state index contributed by atoms with van der Waals surface area (Å²) in [6.45, 7) is 1.14. The maximum absolute atomic E-state index is 12.6. The summed E-state index contributed by atoms with van der Waals surface area (Å²) in [6.07, 6.45) is 2.68. The molecule has 9 nitrogen and oxygen atoms in total. The van der Waals surface area contributed by atoms with Crippen molar-refractivity contribution >= 4 is 16.9 Å². The first-order chi connectivity index (χ1) is 11.7. The smallest absolute Gasteiger partial charge is 0.323 e. The summed E-state index contributed by atoms with van der Waals surface area (Å²) in [5.74, 6) is 0.240. The molecule has 1 atom stereocenters. The molecule has 2 aromatic heterocycles. The van der Waals surface area contributed by atoms with Gasteiger partial charge in [0.05, 0.1) is 17.0 Å². The second-order valence-electron chi connectivity index (χ2n) is 5.99. The van der Waals surface area contributed by atoms with Crippen LogP contribution in [0.2, 0.25) is 0 Å². The summed E-state index contributed by atoms with van der Waals surface area (Å²) in [5, 5.41) is 14.6. The Morgan fingerprint density at radius 1 is 1.29 bits per heavy atom. The minimum Gasteiger partial charge on any atom is -0.351 e. The summed E-state index contributed by atoms with van der Waals surface area (Å²) in [5.41, 5.74) is 2.15. The number of nitrogens with one attached hydrogen (secondary N) is 3. The minimum absolute atomic E-state index is 0.0735. The molecule has 3 aromatic rings. The molecular formula is C15H17N7O2. The third-order valence-electron chi connectivity index (χ3n) is 4.35. The van der Waals surface area contributed by atoms with Gasteiger partial charge in [0.1, 0.15) is 0 Å². The molecule has 3 heterocycles. The van der Waals surface area contributed by atoms with E-state index in [-0.39, 0.29) is 17.5 Å². The number of imidazole rings is 1. The zero-order valence-electron chi connectivity index (χ0n) is 13.0. The van der Waals surface area contributed by atoms with Gasteiger partial charge in [-0.1, -0.05) is 12.5 Å². The van der Waals surface area contributed by atoms with Gasteiger partial charge >= 0.3 is 5.69 Å². The predicted octanol–water partition coefficient (Wildman–Crippen LogP) is 0.427. The van der Waals surface area contributed by atoms with Crippen LogP contribution in [0.4, 0.5) is 0 Å². The molecular weight excluding hydrogens is 310 g/mol. The van der Waals surface area contributed by atoms with E-state index in [1.807, 2.05) is 18.2 Å². The number of tetrazole rings is 1. The highest BCUT2D eigenvalue weighted by atomic mass is 16.2. The molecule has 24 heavy (non-hydrogen) atoms. The van der Waals surface area contributed by atoms with Gasteiger partial charge in [0.15, 0.2) is 5.82 Å². The van der Waals surface area contributed by atoms with Gasteiger partial charge in [-0.2, -0.15) is 0 Å². The Morgan fingerprint density at radius 3 is 3.08 bits per heavy atom. The maximum Gasteiger partial charge on any atom is 0.323 e. The standard InChI is InChI=1S/C15H17N7O2/c23-14(10-3-1-2-6-22-13(10)19-20-21-22)16-8-9-4-5-11-12(7-9)18-15(24)17-11/h4-5,7,10H,1-3,6,8H2,(H,16,23)(H2,17,18,24). The van der Waals surface area contributed by atoms with Crippen LogP contribution in [-0.4, -0.2) is 36.1 Å². The van der Waals surface area contributed by atoms with E-state index < -0.39 is 0 Å². The fourth-order valence-electron chi connectivity index (χ4n) is 3.11. The minimum atomic E-state index is -0.321. The van der Waals surface area contributed by atoms with Crippen LogP contribution in [0, 0.1) is 0 Å². The summed E-state index contributed by atoms with van der Waals surface area (Å²) in [6, 6.07) is 5.55. The van der Waals surface area contributed by atoms with Crippen molar-refractivity contribution in [2.45, 2.75) is 38.3 Å². The Kier molecular flexibility index (Phi) is 3.60. The van der Waals surface area contributed by atoms with Gasteiger partial charge in [-0.15, -0.1) is 5.10 Å². The highest BCUT2D eigenvalue weighted by Crippen LogP contribution is 2.24. The molecule has 1 aromatic carbocycles. The number of rotatable bonds is 3. The largest absolute Gasteiger partial charge is 0.351 e. The fraction of sp³-hybridized carbons (Fsp3) is 0.400. The Balaban J connectivity index is 1.48. The monoisotopic (exact) mass is 327 g/mol. The average molecular weight is 327 g/mol. The Bertz CT molecular complexity index is 939. The normalized spacial score (nSPS) is 17.4. The van der Waals surface area contributed by atoms with Gasteiger partial charge in [-0.05, 0) is 41.0 Å². The van der Waals surface area contributed by atoms with E-state index in [1.165, 1.54) is 0 Å². The molecule has 0 aliphatic carbocycles. The lowest BCUT2D eigenvalue weighted by Gasteiger charge is -2.13. The lowest BCUT2D eigenvalue weighted by molar-refractivity contribution is -0.123. The van der Waals surface area contributed by atoms with Crippen LogP contribution in [0.15, 0.2) is 23.0 Å². The van der Waals surface area contributed by atoms with Gasteiger partial charge in [0.25, 0.3) is 0 Å². The molecule has 0 bridgehead atoms. The number of carbonyl (C=O) groups excluding carboxylic acids is 1.